The van der Waals surface area contributed by atoms with Gasteiger partial charge < -0.3 is 0 Å². The number of carbonyl (C=O) groups excluding carboxylic acids is 1. The molecule has 1 heterocycles. The maximum absolute atomic E-state index is 12.6. The molecule has 3 aromatic rings. The lowest BCUT2D eigenvalue weighted by Gasteiger charge is -2.05. The molecule has 140 valence electrons. The highest BCUT2D eigenvalue weighted by Gasteiger charge is 2.22. The van der Waals surface area contributed by atoms with Crippen LogP contribution in [-0.4, -0.2) is 28.6 Å². The zero-order valence-electron chi connectivity index (χ0n) is 14.6. The van der Waals surface area contributed by atoms with Gasteiger partial charge in [-0.05, 0) is 24.6 Å². The molecule has 0 atom stereocenters. The van der Waals surface area contributed by atoms with Gasteiger partial charge in [0.05, 0.1) is 10.6 Å². The van der Waals surface area contributed by atoms with Crippen LogP contribution < -0.4 is 5.69 Å². The lowest BCUT2D eigenvalue weighted by atomic mass is 10.2. The van der Waals surface area contributed by atoms with Gasteiger partial charge in [0.25, 0.3) is 10.0 Å². The van der Waals surface area contributed by atoms with Crippen LogP contribution in [0.25, 0.3) is 0 Å². The van der Waals surface area contributed by atoms with Crippen LogP contribution >= 0.6 is 11.8 Å². The van der Waals surface area contributed by atoms with E-state index >= 15 is 0 Å². The lowest BCUT2D eigenvalue weighted by Crippen LogP contribution is -2.33. The molecule has 0 saturated heterocycles. The highest BCUT2D eigenvalue weighted by atomic mass is 32.2. The van der Waals surface area contributed by atoms with Crippen LogP contribution in [0.2, 0.25) is 0 Å². The van der Waals surface area contributed by atoms with Gasteiger partial charge in [-0.15, -0.1) is 11.8 Å². The molecule has 27 heavy (non-hydrogen) atoms. The smallest absolute Gasteiger partial charge is 0.273 e. The number of thioether (sulfide) groups is 1. The molecule has 1 aromatic heterocycles. The fourth-order valence-electron chi connectivity index (χ4n) is 2.46. The maximum atomic E-state index is 12.6. The van der Waals surface area contributed by atoms with Gasteiger partial charge in [0.15, 0.2) is 0 Å². The highest BCUT2D eigenvalue weighted by Crippen LogP contribution is 2.14. The second kappa shape index (κ2) is 7.98. The van der Waals surface area contributed by atoms with Crippen molar-refractivity contribution < 1.29 is 13.2 Å². The van der Waals surface area contributed by atoms with Crippen LogP contribution in [0.3, 0.4) is 0 Å². The standard InChI is InChI=1S/C19H18N2O4S2/c1-15-7-9-17(10-8-15)27(24,25)21-12-11-20(19(21)23)18(22)14-26-13-16-5-3-2-4-6-16/h2-12H,13-14H2,1H3. The molecule has 0 aliphatic heterocycles. The van der Waals surface area contributed by atoms with Gasteiger partial charge in [-0.1, -0.05) is 48.0 Å². The molecule has 0 bridgehead atoms. The summed E-state index contributed by atoms with van der Waals surface area (Å²) in [6.45, 7) is 1.84. The number of hydrogen-bond donors (Lipinski definition) is 0. The fraction of sp³-hybridized carbons (Fsp3) is 0.158. The minimum absolute atomic E-state index is 0.00106. The van der Waals surface area contributed by atoms with Crippen molar-refractivity contribution in [3.63, 3.8) is 0 Å². The van der Waals surface area contributed by atoms with E-state index in [4.69, 9.17) is 0 Å². The van der Waals surface area contributed by atoms with Crippen LogP contribution in [0.5, 0.6) is 0 Å². The van der Waals surface area contributed by atoms with Gasteiger partial charge in [-0.25, -0.2) is 17.8 Å². The van der Waals surface area contributed by atoms with E-state index in [0.717, 1.165) is 21.9 Å². The average molecular weight is 402 g/mol. The van der Waals surface area contributed by atoms with E-state index in [9.17, 15) is 18.0 Å². The quantitative estimate of drug-likeness (QED) is 0.634. The summed E-state index contributed by atoms with van der Waals surface area (Å²) < 4.78 is 26.7. The Morgan fingerprint density at radius 1 is 1.00 bits per heavy atom. The van der Waals surface area contributed by atoms with Gasteiger partial charge in [0.2, 0.25) is 5.91 Å². The maximum Gasteiger partial charge on any atom is 0.349 e. The van der Waals surface area contributed by atoms with E-state index in [1.165, 1.54) is 30.1 Å². The third kappa shape index (κ3) is 4.23. The van der Waals surface area contributed by atoms with E-state index < -0.39 is 21.6 Å². The summed E-state index contributed by atoms with van der Waals surface area (Å²) in [6, 6.07) is 15.8. The average Bonchev–Trinajstić information content (AvgIpc) is 3.05. The Bertz CT molecular complexity index is 1100. The summed E-state index contributed by atoms with van der Waals surface area (Å²) in [7, 11) is -4.04. The highest BCUT2D eigenvalue weighted by molar-refractivity contribution is 7.99. The molecule has 0 radical (unpaired) electrons. The molecule has 3 rings (SSSR count). The van der Waals surface area contributed by atoms with Crippen molar-refractivity contribution in [2.45, 2.75) is 17.6 Å². The first-order valence-electron chi connectivity index (χ1n) is 8.17. The van der Waals surface area contributed by atoms with Crippen LogP contribution in [0.4, 0.5) is 0 Å². The molecule has 6 nitrogen and oxygen atoms in total. The minimum atomic E-state index is -4.04. The number of benzene rings is 2. The number of carbonyl (C=O) groups is 1. The van der Waals surface area contributed by atoms with Gasteiger partial charge in [-0.3, -0.25) is 4.79 Å². The van der Waals surface area contributed by atoms with E-state index in [1.54, 1.807) is 12.1 Å². The summed E-state index contributed by atoms with van der Waals surface area (Å²) in [5.74, 6) is 0.242. The Labute approximate surface area is 161 Å². The Balaban J connectivity index is 1.75. The predicted molar refractivity (Wildman–Crippen MR) is 106 cm³/mol. The van der Waals surface area contributed by atoms with Crippen LogP contribution in [-0.2, 0) is 15.8 Å². The molecule has 0 N–H and O–H groups in total. The van der Waals surface area contributed by atoms with E-state index in [2.05, 4.69) is 0 Å². The second-order valence-corrected chi connectivity index (χ2v) is 8.74. The van der Waals surface area contributed by atoms with Gasteiger partial charge >= 0.3 is 5.69 Å². The number of nitrogens with zero attached hydrogens (tertiary/aromatic N) is 2. The molecule has 0 spiro atoms. The Kier molecular flexibility index (Phi) is 5.67. The topological polar surface area (TPSA) is 78.1 Å². The molecular formula is C19H18N2O4S2. The van der Waals surface area contributed by atoms with E-state index in [-0.39, 0.29) is 10.6 Å². The molecule has 0 unspecified atom stereocenters. The first-order valence-corrected chi connectivity index (χ1v) is 10.8. The summed E-state index contributed by atoms with van der Waals surface area (Å²) in [5.41, 5.74) is 1.09. The number of rotatable bonds is 6. The molecule has 0 aliphatic carbocycles. The van der Waals surface area contributed by atoms with Crippen LogP contribution in [0, 0.1) is 6.92 Å². The molecule has 0 aliphatic rings. The number of imidazole rings is 1. The molecule has 0 fully saturated rings. The molecule has 8 heteroatoms. The van der Waals surface area contributed by atoms with Crippen molar-refractivity contribution in [3.8, 4) is 0 Å². The van der Waals surface area contributed by atoms with E-state index in [0.29, 0.717) is 9.73 Å². The monoisotopic (exact) mass is 402 g/mol. The first-order chi connectivity index (χ1) is 12.9. The number of hydrogen-bond acceptors (Lipinski definition) is 5. The summed E-state index contributed by atoms with van der Waals surface area (Å²) in [5, 5.41) is 0. The fourth-order valence-corrected chi connectivity index (χ4v) is 4.52. The van der Waals surface area contributed by atoms with Crippen molar-refractivity contribution in [3.05, 3.63) is 88.6 Å². The third-order valence-electron chi connectivity index (χ3n) is 3.93. The normalized spacial score (nSPS) is 11.4. The Morgan fingerprint density at radius 2 is 1.67 bits per heavy atom. The van der Waals surface area contributed by atoms with Crippen molar-refractivity contribution >= 4 is 27.7 Å². The van der Waals surface area contributed by atoms with Crippen molar-refractivity contribution in [1.29, 1.82) is 0 Å². The molecule has 0 saturated carbocycles. The van der Waals surface area contributed by atoms with Gasteiger partial charge in [0, 0.05) is 18.1 Å². The summed E-state index contributed by atoms with van der Waals surface area (Å²) in [6.07, 6.45) is 2.30. The second-order valence-electron chi connectivity index (χ2n) is 5.94. The zero-order valence-corrected chi connectivity index (χ0v) is 16.2. The molecule has 0 amide bonds. The van der Waals surface area contributed by atoms with Crippen molar-refractivity contribution in [2.75, 3.05) is 5.75 Å². The Hall–Kier alpha value is -2.58. The van der Waals surface area contributed by atoms with Crippen LogP contribution in [0.1, 0.15) is 15.9 Å². The number of aryl methyl sites for hydroxylation is 1. The largest absolute Gasteiger partial charge is 0.349 e. The lowest BCUT2D eigenvalue weighted by molar-refractivity contribution is 0.0938. The Morgan fingerprint density at radius 3 is 2.33 bits per heavy atom. The zero-order chi connectivity index (χ0) is 19.4. The van der Waals surface area contributed by atoms with E-state index in [1.807, 2.05) is 37.3 Å². The third-order valence-corrected chi connectivity index (χ3v) is 6.58. The minimum Gasteiger partial charge on any atom is -0.273 e. The summed E-state index contributed by atoms with van der Waals surface area (Å²) >= 11 is 1.36. The summed E-state index contributed by atoms with van der Waals surface area (Å²) in [4.78, 5) is 24.8. The SMILES string of the molecule is Cc1ccc(S(=O)(=O)n2ccn(C(=O)CSCc3ccccc3)c2=O)cc1. The van der Waals surface area contributed by atoms with Crippen LogP contribution in [0.15, 0.2) is 76.7 Å². The van der Waals surface area contributed by atoms with Gasteiger partial charge in [-0.2, -0.15) is 3.97 Å². The first kappa shape index (κ1) is 19.2. The van der Waals surface area contributed by atoms with Crippen molar-refractivity contribution in [2.24, 2.45) is 0 Å². The predicted octanol–water partition coefficient (Wildman–Crippen LogP) is 2.77. The molecular weight excluding hydrogens is 384 g/mol. The van der Waals surface area contributed by atoms with Gasteiger partial charge in [0.1, 0.15) is 0 Å². The number of aromatic nitrogens is 2. The molecule has 2 aromatic carbocycles. The van der Waals surface area contributed by atoms with Crippen molar-refractivity contribution in [1.82, 2.24) is 8.54 Å².